The lowest BCUT2D eigenvalue weighted by Crippen LogP contribution is -2.26. The van der Waals surface area contributed by atoms with Gasteiger partial charge in [0, 0.05) is 6.07 Å². The quantitative estimate of drug-likeness (QED) is 0.562. The molecule has 20 heavy (non-hydrogen) atoms. The van der Waals surface area contributed by atoms with Crippen molar-refractivity contribution < 1.29 is 9.13 Å². The van der Waals surface area contributed by atoms with Crippen molar-refractivity contribution in [1.29, 1.82) is 0 Å². The molecule has 0 aromatic heterocycles. The summed E-state index contributed by atoms with van der Waals surface area (Å²) >= 11 is 0. The van der Waals surface area contributed by atoms with Crippen LogP contribution in [0, 0.1) is 5.82 Å². The van der Waals surface area contributed by atoms with E-state index in [1.165, 1.54) is 18.2 Å². The van der Waals surface area contributed by atoms with Crippen molar-refractivity contribution in [3.05, 3.63) is 24.0 Å². The molecule has 6 N–H and O–H groups in total. The van der Waals surface area contributed by atoms with Crippen LogP contribution in [0.2, 0.25) is 0 Å². The predicted octanol–water partition coefficient (Wildman–Crippen LogP) is 1.61. The van der Waals surface area contributed by atoms with Gasteiger partial charge in [-0.2, -0.15) is 4.99 Å². The summed E-state index contributed by atoms with van der Waals surface area (Å²) in [5, 5.41) is 0. The van der Waals surface area contributed by atoms with Gasteiger partial charge in [0.25, 0.3) is 0 Å². The van der Waals surface area contributed by atoms with Gasteiger partial charge in [0.1, 0.15) is 17.3 Å². The van der Waals surface area contributed by atoms with Crippen molar-refractivity contribution in [2.75, 3.05) is 0 Å². The van der Waals surface area contributed by atoms with Gasteiger partial charge in [-0.15, -0.1) is 0 Å². The molecular formula is C13H20FN5O. The fourth-order valence-electron chi connectivity index (χ4n) is 1.59. The maximum atomic E-state index is 13.3. The van der Waals surface area contributed by atoms with Gasteiger partial charge in [-0.25, -0.2) is 9.38 Å². The van der Waals surface area contributed by atoms with Crippen LogP contribution in [0.15, 0.2) is 28.2 Å². The zero-order valence-electron chi connectivity index (χ0n) is 11.6. The Bertz CT molecular complexity index is 507. The molecule has 0 saturated heterocycles. The van der Waals surface area contributed by atoms with Crippen LogP contribution < -0.4 is 21.9 Å². The summed E-state index contributed by atoms with van der Waals surface area (Å²) in [7, 11) is 0. The minimum atomic E-state index is -0.446. The predicted molar refractivity (Wildman–Crippen MR) is 78.5 cm³/mol. The van der Waals surface area contributed by atoms with Gasteiger partial charge in [-0.3, -0.25) is 0 Å². The van der Waals surface area contributed by atoms with Gasteiger partial charge < -0.3 is 21.9 Å². The molecule has 7 heteroatoms. The van der Waals surface area contributed by atoms with E-state index in [1.54, 1.807) is 0 Å². The standard InChI is InChI=1S/C13H20FN5O/c1-3-9(4-2)20-11-6-5-8(14)7-10(11)18-13(17)19-12(15)16/h5-7,9H,3-4H2,1-2H3,(H6,15,16,17,18,19). The molecule has 0 aliphatic carbocycles. The first kappa shape index (κ1) is 15.7. The SMILES string of the molecule is CCC(CC)Oc1ccc(F)cc1N=C(N)N=C(N)N. The van der Waals surface area contributed by atoms with Crippen LogP contribution >= 0.6 is 0 Å². The van der Waals surface area contributed by atoms with Crippen LogP contribution in [-0.2, 0) is 0 Å². The molecule has 0 unspecified atom stereocenters. The zero-order valence-corrected chi connectivity index (χ0v) is 11.6. The Labute approximate surface area is 117 Å². The van der Waals surface area contributed by atoms with E-state index in [4.69, 9.17) is 21.9 Å². The lowest BCUT2D eigenvalue weighted by Gasteiger charge is -2.17. The first-order chi connectivity index (χ1) is 9.46. The van der Waals surface area contributed by atoms with Crippen molar-refractivity contribution in [3.8, 4) is 5.75 Å². The molecule has 0 aliphatic heterocycles. The summed E-state index contributed by atoms with van der Waals surface area (Å²) in [4.78, 5) is 7.55. The van der Waals surface area contributed by atoms with E-state index in [0.717, 1.165) is 12.8 Å². The van der Waals surface area contributed by atoms with E-state index < -0.39 is 5.82 Å². The largest absolute Gasteiger partial charge is 0.488 e. The second-order valence-corrected chi connectivity index (χ2v) is 4.18. The maximum absolute atomic E-state index is 13.3. The van der Waals surface area contributed by atoms with Crippen LogP contribution in [-0.4, -0.2) is 18.0 Å². The molecule has 0 amide bonds. The number of hydrogen-bond acceptors (Lipinski definition) is 2. The molecule has 0 fully saturated rings. The molecule has 6 nitrogen and oxygen atoms in total. The number of hydrogen-bond donors (Lipinski definition) is 3. The second-order valence-electron chi connectivity index (χ2n) is 4.18. The Morgan fingerprint density at radius 3 is 2.45 bits per heavy atom. The molecule has 0 saturated carbocycles. The fraction of sp³-hybridized carbons (Fsp3) is 0.385. The minimum absolute atomic E-state index is 0.0266. The smallest absolute Gasteiger partial charge is 0.223 e. The first-order valence-corrected chi connectivity index (χ1v) is 6.36. The lowest BCUT2D eigenvalue weighted by molar-refractivity contribution is 0.193. The van der Waals surface area contributed by atoms with Gasteiger partial charge in [0.05, 0.1) is 6.10 Å². The number of guanidine groups is 2. The molecule has 1 aromatic carbocycles. The maximum Gasteiger partial charge on any atom is 0.223 e. The summed E-state index contributed by atoms with van der Waals surface area (Å²) in [6, 6.07) is 4.02. The number of nitrogens with zero attached hydrogens (tertiary/aromatic N) is 2. The highest BCUT2D eigenvalue weighted by Crippen LogP contribution is 2.30. The highest BCUT2D eigenvalue weighted by molar-refractivity contribution is 5.93. The molecular weight excluding hydrogens is 261 g/mol. The van der Waals surface area contributed by atoms with E-state index in [2.05, 4.69) is 9.98 Å². The van der Waals surface area contributed by atoms with E-state index in [9.17, 15) is 4.39 Å². The zero-order chi connectivity index (χ0) is 15.1. The number of rotatable bonds is 5. The van der Waals surface area contributed by atoms with E-state index in [0.29, 0.717) is 5.75 Å². The van der Waals surface area contributed by atoms with Crippen molar-refractivity contribution in [2.24, 2.45) is 27.2 Å². The Morgan fingerprint density at radius 2 is 1.90 bits per heavy atom. The molecule has 0 heterocycles. The lowest BCUT2D eigenvalue weighted by atomic mass is 10.2. The third kappa shape index (κ3) is 4.75. The summed E-state index contributed by atoms with van der Waals surface area (Å²) in [5.41, 5.74) is 16.2. The van der Waals surface area contributed by atoms with Crippen molar-refractivity contribution in [1.82, 2.24) is 0 Å². The summed E-state index contributed by atoms with van der Waals surface area (Å²) in [5.74, 6) is -0.387. The van der Waals surface area contributed by atoms with Gasteiger partial charge >= 0.3 is 0 Å². The normalized spacial score (nSPS) is 11.5. The van der Waals surface area contributed by atoms with Crippen LogP contribution in [0.3, 0.4) is 0 Å². The Hall–Kier alpha value is -2.31. The highest BCUT2D eigenvalue weighted by atomic mass is 19.1. The van der Waals surface area contributed by atoms with Crippen LogP contribution in [0.25, 0.3) is 0 Å². The van der Waals surface area contributed by atoms with E-state index in [-0.39, 0.29) is 23.7 Å². The van der Waals surface area contributed by atoms with Crippen molar-refractivity contribution >= 4 is 17.6 Å². The third-order valence-electron chi connectivity index (χ3n) is 2.60. The number of ether oxygens (including phenoxy) is 1. The van der Waals surface area contributed by atoms with Crippen LogP contribution in [0.4, 0.5) is 10.1 Å². The second kappa shape index (κ2) is 7.32. The van der Waals surface area contributed by atoms with Gasteiger partial charge in [-0.05, 0) is 25.0 Å². The van der Waals surface area contributed by atoms with Crippen LogP contribution in [0.5, 0.6) is 5.75 Å². The number of benzene rings is 1. The summed E-state index contributed by atoms with van der Waals surface area (Å²) < 4.78 is 19.1. The average molecular weight is 281 g/mol. The minimum Gasteiger partial charge on any atom is -0.488 e. The van der Waals surface area contributed by atoms with Crippen molar-refractivity contribution in [3.63, 3.8) is 0 Å². The molecule has 0 bridgehead atoms. The molecule has 0 aliphatic rings. The first-order valence-electron chi connectivity index (χ1n) is 6.36. The van der Waals surface area contributed by atoms with Crippen molar-refractivity contribution in [2.45, 2.75) is 32.8 Å². The summed E-state index contributed by atoms with van der Waals surface area (Å²) in [6.07, 6.45) is 1.69. The number of nitrogens with two attached hydrogens (primary N) is 3. The number of aliphatic imine (C=N–C) groups is 2. The molecule has 0 atom stereocenters. The van der Waals surface area contributed by atoms with Crippen LogP contribution in [0.1, 0.15) is 26.7 Å². The average Bonchev–Trinajstić information content (AvgIpc) is 2.37. The summed E-state index contributed by atoms with van der Waals surface area (Å²) in [6.45, 7) is 4.02. The third-order valence-corrected chi connectivity index (χ3v) is 2.60. The fourth-order valence-corrected chi connectivity index (χ4v) is 1.59. The van der Waals surface area contributed by atoms with Gasteiger partial charge in [-0.1, -0.05) is 13.8 Å². The molecule has 0 radical (unpaired) electrons. The van der Waals surface area contributed by atoms with E-state index >= 15 is 0 Å². The van der Waals surface area contributed by atoms with E-state index in [1.807, 2.05) is 13.8 Å². The van der Waals surface area contributed by atoms with Gasteiger partial charge in [0.15, 0.2) is 5.96 Å². The number of halogens is 1. The Kier molecular flexibility index (Phi) is 5.76. The molecule has 0 spiro atoms. The topological polar surface area (TPSA) is 112 Å². The van der Waals surface area contributed by atoms with Gasteiger partial charge in [0.2, 0.25) is 5.96 Å². The Balaban J connectivity index is 3.10. The molecule has 110 valence electrons. The Morgan fingerprint density at radius 1 is 1.25 bits per heavy atom. The monoisotopic (exact) mass is 281 g/mol. The molecule has 1 rings (SSSR count). The molecule has 1 aromatic rings. The highest BCUT2D eigenvalue weighted by Gasteiger charge is 2.10.